The second kappa shape index (κ2) is 26.7. The molecule has 0 saturated carbocycles. The summed E-state index contributed by atoms with van der Waals surface area (Å²) in [6.07, 6.45) is -0.0345. The zero-order valence-corrected chi connectivity index (χ0v) is 57.2. The molecule has 78 heavy (non-hydrogen) atoms. The minimum absolute atomic E-state index is 0.118. The lowest BCUT2D eigenvalue weighted by Crippen LogP contribution is -2.60. The Kier molecular flexibility index (Phi) is 26.0. The molecule has 0 radical (unpaired) electrons. The van der Waals surface area contributed by atoms with Crippen molar-refractivity contribution in [3.05, 3.63) is 0 Å². The average molecular weight is 1160 g/mol. The molecule has 0 fully saturated rings. The number of quaternary nitrogens is 1. The van der Waals surface area contributed by atoms with Gasteiger partial charge in [0.15, 0.2) is 6.23 Å². The number of carbonyl (C=O) groups is 4. The Morgan fingerprint density at radius 1 is 0.500 bits per heavy atom. The van der Waals surface area contributed by atoms with Crippen LogP contribution in [0.1, 0.15) is 192 Å². The molecule has 0 heterocycles. The highest BCUT2D eigenvalue weighted by atomic mass is 31.2. The molecule has 0 aliphatic heterocycles. The van der Waals surface area contributed by atoms with Crippen LogP contribution in [-0.2, 0) is 69.5 Å². The first-order valence-corrected chi connectivity index (χ1v) is 31.3. The maximum absolute atomic E-state index is 15.2. The normalized spacial score (nSPS) is 18.3. The number of phosphoric ester groups is 1. The lowest BCUT2D eigenvalue weighted by Gasteiger charge is -2.61. The van der Waals surface area contributed by atoms with Gasteiger partial charge in [0, 0.05) is 28.4 Å². The number of phosphoric acid groups is 1. The van der Waals surface area contributed by atoms with E-state index in [1.54, 1.807) is 13.8 Å². The number of aliphatic hydroxyl groups is 1. The summed E-state index contributed by atoms with van der Waals surface area (Å²) in [5, 5.41) is 10.5. The molecule has 0 bridgehead atoms. The summed E-state index contributed by atoms with van der Waals surface area (Å²) in [5.74, 6) is -1.89. The van der Waals surface area contributed by atoms with Crippen LogP contribution in [0, 0.1) is 65.0 Å². The number of hydrogen-bond donors (Lipinski definition) is 1. The van der Waals surface area contributed by atoms with Crippen LogP contribution in [0.25, 0.3) is 0 Å². The first kappa shape index (κ1) is 76.0. The molecular formula is C59H117NO16PSi+. The van der Waals surface area contributed by atoms with Gasteiger partial charge in [-0.15, -0.1) is 0 Å². The van der Waals surface area contributed by atoms with Crippen molar-refractivity contribution in [1.82, 2.24) is 0 Å². The summed E-state index contributed by atoms with van der Waals surface area (Å²) in [6, 6.07) is 0. The smallest absolute Gasteiger partial charge is 0.466 e. The van der Waals surface area contributed by atoms with E-state index in [0.717, 1.165) is 0 Å². The van der Waals surface area contributed by atoms with Crippen LogP contribution in [0.5, 0.6) is 0 Å². The van der Waals surface area contributed by atoms with Gasteiger partial charge in [-0.05, 0) is 111 Å². The maximum Gasteiger partial charge on any atom is 0.539 e. The summed E-state index contributed by atoms with van der Waals surface area (Å²) in [7, 11) is 4.32. The van der Waals surface area contributed by atoms with Crippen molar-refractivity contribution in [2.75, 3.05) is 95.4 Å². The second-order valence-electron chi connectivity index (χ2n) is 29.9. The molecule has 6 atom stereocenters. The Labute approximate surface area is 476 Å². The van der Waals surface area contributed by atoms with Gasteiger partial charge in [0.25, 0.3) is 0 Å². The molecule has 0 aromatic carbocycles. The lowest BCUT2D eigenvalue weighted by molar-refractivity contribution is -0.870. The van der Waals surface area contributed by atoms with E-state index in [-0.39, 0.29) is 63.9 Å². The lowest BCUT2D eigenvalue weighted by atomic mass is 9.41. The number of ether oxygens (including phenoxy) is 4. The average Bonchev–Trinajstić information content (AvgIpc) is 3.27. The Morgan fingerprint density at radius 2 is 0.846 bits per heavy atom. The minimum Gasteiger partial charge on any atom is -0.466 e. The largest absolute Gasteiger partial charge is 0.539 e. The van der Waals surface area contributed by atoms with E-state index < -0.39 is 106 Å². The van der Waals surface area contributed by atoms with Crippen LogP contribution < -0.4 is 0 Å². The van der Waals surface area contributed by atoms with Gasteiger partial charge in [-0.1, -0.05) is 125 Å². The molecule has 0 rings (SSSR count). The van der Waals surface area contributed by atoms with Crippen molar-refractivity contribution in [3.63, 3.8) is 0 Å². The van der Waals surface area contributed by atoms with E-state index in [2.05, 4.69) is 76.2 Å². The van der Waals surface area contributed by atoms with Crippen LogP contribution in [0.3, 0.4) is 0 Å². The Bertz CT molecular complexity index is 2020. The molecule has 19 heteroatoms. The first-order valence-electron chi connectivity index (χ1n) is 27.9. The van der Waals surface area contributed by atoms with Crippen molar-refractivity contribution in [1.29, 1.82) is 0 Å². The summed E-state index contributed by atoms with van der Waals surface area (Å²) >= 11 is 0. The molecule has 462 valence electrons. The molecule has 17 nitrogen and oxygen atoms in total. The fourth-order valence-corrected chi connectivity index (χ4v) is 13.4. The maximum atomic E-state index is 15.2. The Hall–Kier alpha value is -1.99. The van der Waals surface area contributed by atoms with Crippen molar-refractivity contribution in [2.45, 2.75) is 198 Å². The molecule has 1 N–H and O–H groups in total. The monoisotopic (exact) mass is 1150 g/mol. The van der Waals surface area contributed by atoms with E-state index in [1.165, 1.54) is 28.4 Å². The highest BCUT2D eigenvalue weighted by molar-refractivity contribution is 7.48. The molecule has 0 aromatic rings. The highest BCUT2D eigenvalue weighted by Crippen LogP contribution is 2.68. The number of nitrogens with zero attached hydrogens (tertiary/aromatic N) is 1. The van der Waals surface area contributed by atoms with Crippen molar-refractivity contribution in [3.8, 4) is 0 Å². The van der Waals surface area contributed by atoms with Gasteiger partial charge in [-0.25, -0.2) is 4.57 Å². The summed E-state index contributed by atoms with van der Waals surface area (Å²) in [6.45, 7) is 48.0. The quantitative estimate of drug-likeness (QED) is 0.0159. The van der Waals surface area contributed by atoms with Gasteiger partial charge in [-0.3, -0.25) is 32.7 Å². The van der Waals surface area contributed by atoms with Gasteiger partial charge in [-0.2, -0.15) is 0 Å². The zero-order chi connectivity index (χ0) is 62.2. The summed E-state index contributed by atoms with van der Waals surface area (Å²) in [4.78, 5) is 59.8. The number of carbonyl (C=O) groups excluding carboxylic acids is 4. The van der Waals surface area contributed by atoms with Crippen LogP contribution in [-0.4, -0.2) is 144 Å². The van der Waals surface area contributed by atoms with E-state index >= 15 is 9.59 Å². The molecule has 0 aliphatic rings. The predicted octanol–water partition coefficient (Wildman–Crippen LogP) is 12.3. The molecule has 0 saturated heterocycles. The van der Waals surface area contributed by atoms with E-state index in [4.69, 9.17) is 45.8 Å². The third-order valence-electron chi connectivity index (χ3n) is 19.8. The van der Waals surface area contributed by atoms with Crippen molar-refractivity contribution in [2.24, 2.45) is 65.0 Å². The molecular weight excluding hydrogens is 1040 g/mol. The minimum atomic E-state index is -3.93. The molecule has 0 aromatic heterocycles. The number of esters is 4. The molecule has 0 aliphatic carbocycles. The van der Waals surface area contributed by atoms with E-state index in [9.17, 15) is 19.3 Å². The Morgan fingerprint density at radius 3 is 1.18 bits per heavy atom. The Balaban J connectivity index is 7.91. The topological polar surface area (TPSA) is 198 Å². The van der Waals surface area contributed by atoms with E-state index in [0.29, 0.717) is 17.4 Å². The highest BCUT2D eigenvalue weighted by Gasteiger charge is 2.66. The van der Waals surface area contributed by atoms with Crippen LogP contribution >= 0.6 is 7.82 Å². The number of aliphatic hydroxyl groups excluding tert-OH is 1. The zero-order valence-electron chi connectivity index (χ0n) is 55.3. The number of likely N-dealkylation sites (N-methyl/N-ethyl adjacent to an activating group) is 1. The predicted molar refractivity (Wildman–Crippen MR) is 310 cm³/mol. The number of hydrogen-bond acceptors (Lipinski definition) is 16. The molecule has 6 unspecified atom stereocenters. The van der Waals surface area contributed by atoms with Crippen LogP contribution in [0.4, 0.5) is 0 Å². The van der Waals surface area contributed by atoms with Gasteiger partial charge in [0.1, 0.15) is 26.4 Å². The summed E-state index contributed by atoms with van der Waals surface area (Å²) < 4.78 is 71.1. The van der Waals surface area contributed by atoms with E-state index in [1.807, 2.05) is 97.3 Å². The third kappa shape index (κ3) is 17.3. The third-order valence-corrected chi connectivity index (χ3v) is 23.6. The fourth-order valence-electron chi connectivity index (χ4n) is 11.3. The fraction of sp³-hybridized carbons (Fsp3) is 0.932. The van der Waals surface area contributed by atoms with Gasteiger partial charge in [0.2, 0.25) is 0 Å². The molecule has 0 spiro atoms. The second-order valence-corrected chi connectivity index (χ2v) is 34.5. The van der Waals surface area contributed by atoms with Crippen LogP contribution in [0.2, 0.25) is 0 Å². The van der Waals surface area contributed by atoms with Gasteiger partial charge >= 0.3 is 40.5 Å². The summed E-state index contributed by atoms with van der Waals surface area (Å²) in [5.41, 5.74) is -11.2. The number of rotatable bonds is 34. The van der Waals surface area contributed by atoms with Crippen LogP contribution in [0.15, 0.2) is 0 Å². The molecule has 0 amide bonds. The van der Waals surface area contributed by atoms with Gasteiger partial charge < -0.3 is 41.8 Å². The van der Waals surface area contributed by atoms with Gasteiger partial charge in [0.05, 0.1) is 62.1 Å². The van der Waals surface area contributed by atoms with Crippen molar-refractivity contribution < 1.29 is 79.1 Å². The SMILES string of the molecule is CCOC(=O)C(C)(CC(C)(C)C(C)(C)C(C)(CC(C)(C)C)C(=O)OCCOP(=O)(OC)OCC[N+](C)(C)C)C(C)(C)C(C)(C)CC(C)(C(=O)OCC(C)O)C(C)(C)C(C)(C)CC(C)(C(=O)OC[Si](OC)(OC)OC)C(C)(C)C. The van der Waals surface area contributed by atoms with Crippen molar-refractivity contribution >= 4 is 40.5 Å². The standard InChI is InChI=1S/C59H117NO16PSi/c1-32-71-45(63)58(23,40-51(11,12)53(15,16)57(22,38-48(3,4)5)46(64)72-35-36-76-77(66,67-28)75-34-33-60(25,26)27)55(19,20)52(13,14)41-59(24,47(65)73-37-43(2)61)54(17,18)50(9,10)39-56(21,49(6,7)8)44(62)74-42-78(68-29,69-30)70-31/h43,61H,32-42H2,1-31H3/q+1. The first-order chi connectivity index (χ1) is 34.6.